The first-order valence-corrected chi connectivity index (χ1v) is 11.4. The van der Waals surface area contributed by atoms with Crippen molar-refractivity contribution in [2.75, 3.05) is 38.2 Å². The molecule has 9 heteroatoms. The van der Waals surface area contributed by atoms with E-state index in [9.17, 15) is 4.39 Å². The van der Waals surface area contributed by atoms with Crippen LogP contribution in [-0.4, -0.2) is 58.4 Å². The molecule has 1 fully saturated rings. The third kappa shape index (κ3) is 5.61. The zero-order chi connectivity index (χ0) is 23.3. The maximum absolute atomic E-state index is 13.4. The molecule has 0 N–H and O–H groups in total. The van der Waals surface area contributed by atoms with Gasteiger partial charge < -0.3 is 9.64 Å². The molecule has 182 valence electrons. The van der Waals surface area contributed by atoms with Crippen LogP contribution in [0, 0.1) is 5.82 Å². The molecule has 0 saturated carbocycles. The number of benzene rings is 3. The highest BCUT2D eigenvalue weighted by Gasteiger charge is 2.30. The van der Waals surface area contributed by atoms with Gasteiger partial charge in [0, 0.05) is 31.9 Å². The zero-order valence-electron chi connectivity index (χ0n) is 19.5. The van der Waals surface area contributed by atoms with E-state index in [4.69, 9.17) is 4.74 Å². The second-order valence-corrected chi connectivity index (χ2v) is 8.36. The van der Waals surface area contributed by atoms with Crippen molar-refractivity contribution in [1.82, 2.24) is 25.1 Å². The molecule has 1 atom stereocenters. The van der Waals surface area contributed by atoms with Gasteiger partial charge in [-0.25, -0.2) is 9.07 Å². The van der Waals surface area contributed by atoms with Crippen molar-refractivity contribution in [3.63, 3.8) is 0 Å². The van der Waals surface area contributed by atoms with E-state index in [1.54, 1.807) is 7.11 Å². The average Bonchev–Trinajstić information content (AvgIpc) is 3.33. The summed E-state index contributed by atoms with van der Waals surface area (Å²) in [4.78, 5) is 4.70. The van der Waals surface area contributed by atoms with Gasteiger partial charge in [0.15, 0.2) is 5.82 Å². The van der Waals surface area contributed by atoms with E-state index in [2.05, 4.69) is 49.6 Å². The first kappa shape index (κ1) is 24.6. The van der Waals surface area contributed by atoms with E-state index in [0.29, 0.717) is 6.54 Å². The number of aromatic nitrogens is 4. The van der Waals surface area contributed by atoms with Gasteiger partial charge in [0.2, 0.25) is 0 Å². The molecule has 5 rings (SSSR count). The Hall–Kier alpha value is -3.49. The Bertz CT molecular complexity index is 1190. The number of rotatable bonds is 7. The minimum absolute atomic E-state index is 0. The maximum atomic E-state index is 13.4. The van der Waals surface area contributed by atoms with Crippen molar-refractivity contribution in [1.29, 1.82) is 0 Å². The Labute approximate surface area is 210 Å². The summed E-state index contributed by atoms with van der Waals surface area (Å²) < 4.78 is 20.6. The fourth-order valence-electron chi connectivity index (χ4n) is 4.48. The predicted octanol–water partition coefficient (Wildman–Crippen LogP) is 4.20. The van der Waals surface area contributed by atoms with Crippen molar-refractivity contribution in [3.8, 4) is 5.75 Å². The van der Waals surface area contributed by atoms with Gasteiger partial charge in [-0.15, -0.1) is 17.5 Å². The molecule has 0 radical (unpaired) electrons. The molecule has 4 aromatic rings. The molecule has 1 aromatic heterocycles. The van der Waals surface area contributed by atoms with Gasteiger partial charge in [-0.2, -0.15) is 0 Å². The average molecular weight is 495 g/mol. The van der Waals surface area contributed by atoms with Crippen molar-refractivity contribution in [3.05, 3.63) is 102 Å². The highest BCUT2D eigenvalue weighted by molar-refractivity contribution is 5.85. The van der Waals surface area contributed by atoms with Crippen LogP contribution < -0.4 is 9.64 Å². The molecule has 7 nitrogen and oxygen atoms in total. The molecule has 0 amide bonds. The molecule has 2 heterocycles. The highest BCUT2D eigenvalue weighted by Crippen LogP contribution is 2.30. The topological polar surface area (TPSA) is 59.3 Å². The smallest absolute Gasteiger partial charge is 0.173 e. The van der Waals surface area contributed by atoms with Gasteiger partial charge in [-0.05, 0) is 58.0 Å². The lowest BCUT2D eigenvalue weighted by molar-refractivity contribution is 0.201. The largest absolute Gasteiger partial charge is 0.497 e. The molecule has 1 saturated heterocycles. The Morgan fingerprint density at radius 1 is 0.886 bits per heavy atom. The first-order valence-electron chi connectivity index (χ1n) is 11.4. The number of ether oxygens (including phenoxy) is 1. The summed E-state index contributed by atoms with van der Waals surface area (Å²) in [7, 11) is 1.67. The van der Waals surface area contributed by atoms with E-state index in [-0.39, 0.29) is 24.3 Å². The lowest BCUT2D eigenvalue weighted by Gasteiger charge is -2.40. The summed E-state index contributed by atoms with van der Waals surface area (Å²) >= 11 is 0. The fraction of sp³-hybridized carbons (Fsp3) is 0.269. The molecule has 3 aromatic carbocycles. The summed E-state index contributed by atoms with van der Waals surface area (Å²) in [5.41, 5.74) is 3.29. The molecular weight excluding hydrogens is 467 g/mol. The second-order valence-electron chi connectivity index (χ2n) is 8.36. The van der Waals surface area contributed by atoms with E-state index >= 15 is 0 Å². The van der Waals surface area contributed by atoms with Gasteiger partial charge in [-0.1, -0.05) is 42.5 Å². The summed E-state index contributed by atoms with van der Waals surface area (Å²) in [6.07, 6.45) is 0. The van der Waals surface area contributed by atoms with Gasteiger partial charge in [0.05, 0.1) is 19.7 Å². The van der Waals surface area contributed by atoms with Crippen LogP contribution in [0.2, 0.25) is 0 Å². The van der Waals surface area contributed by atoms with E-state index < -0.39 is 0 Å². The Morgan fingerprint density at radius 2 is 1.57 bits per heavy atom. The number of anilines is 1. The third-order valence-corrected chi connectivity index (χ3v) is 6.28. The Morgan fingerprint density at radius 3 is 2.23 bits per heavy atom. The predicted molar refractivity (Wildman–Crippen MR) is 136 cm³/mol. The number of methoxy groups -OCH3 is 1. The zero-order valence-corrected chi connectivity index (χ0v) is 20.3. The van der Waals surface area contributed by atoms with Crippen molar-refractivity contribution >= 4 is 18.1 Å². The van der Waals surface area contributed by atoms with E-state index in [1.807, 2.05) is 47.1 Å². The van der Waals surface area contributed by atoms with Crippen LogP contribution in [0.3, 0.4) is 0 Å². The number of nitrogens with zero attached hydrogens (tertiary/aromatic N) is 6. The summed E-state index contributed by atoms with van der Waals surface area (Å²) in [6.45, 7) is 3.92. The fourth-order valence-corrected chi connectivity index (χ4v) is 4.48. The van der Waals surface area contributed by atoms with Gasteiger partial charge >= 0.3 is 0 Å². The molecule has 35 heavy (non-hydrogen) atoms. The Kier molecular flexibility index (Phi) is 7.94. The number of piperazine rings is 1. The maximum Gasteiger partial charge on any atom is 0.173 e. The Balaban J connectivity index is 0.00000289. The van der Waals surface area contributed by atoms with Crippen LogP contribution >= 0.6 is 12.4 Å². The minimum atomic E-state index is -0.216. The molecule has 0 aliphatic carbocycles. The van der Waals surface area contributed by atoms with Gasteiger partial charge in [0.25, 0.3) is 0 Å². The molecule has 1 unspecified atom stereocenters. The number of hydrogen-bond acceptors (Lipinski definition) is 6. The summed E-state index contributed by atoms with van der Waals surface area (Å²) in [5, 5.41) is 12.8. The standard InChI is InChI=1S/C26H27FN6O.ClH/c1-34-24-13-7-21(8-14-24)25(26-28-29-30-33(26)19-20-5-3-2-4-6-20)32-17-15-31(16-18-32)23-11-9-22(27)10-12-23;/h2-14,25H,15-19H2,1H3;1H. The van der Waals surface area contributed by atoms with Gasteiger partial charge in [-0.3, -0.25) is 4.90 Å². The van der Waals surface area contributed by atoms with Crippen LogP contribution in [0.25, 0.3) is 0 Å². The van der Waals surface area contributed by atoms with Crippen LogP contribution in [0.15, 0.2) is 78.9 Å². The molecule has 0 spiro atoms. The first-order chi connectivity index (χ1) is 16.7. The van der Waals surface area contributed by atoms with Crippen molar-refractivity contribution < 1.29 is 9.13 Å². The number of halogens is 2. The van der Waals surface area contributed by atoms with E-state index in [1.165, 1.54) is 12.1 Å². The van der Waals surface area contributed by atoms with Crippen molar-refractivity contribution in [2.24, 2.45) is 0 Å². The molecule has 1 aliphatic heterocycles. The normalized spacial score (nSPS) is 14.9. The lowest BCUT2D eigenvalue weighted by atomic mass is 10.0. The molecular formula is C26H28ClFN6O. The minimum Gasteiger partial charge on any atom is -0.497 e. The van der Waals surface area contributed by atoms with E-state index in [0.717, 1.165) is 54.6 Å². The molecule has 0 bridgehead atoms. The van der Waals surface area contributed by atoms with Crippen molar-refractivity contribution in [2.45, 2.75) is 12.6 Å². The second kappa shape index (κ2) is 11.3. The van der Waals surface area contributed by atoms with Gasteiger partial charge in [0.1, 0.15) is 11.6 Å². The number of hydrogen-bond donors (Lipinski definition) is 0. The van der Waals surface area contributed by atoms with Crippen LogP contribution in [0.5, 0.6) is 5.75 Å². The monoisotopic (exact) mass is 494 g/mol. The van der Waals surface area contributed by atoms with Crippen LogP contribution in [0.4, 0.5) is 10.1 Å². The summed E-state index contributed by atoms with van der Waals surface area (Å²) in [5.74, 6) is 1.41. The molecule has 1 aliphatic rings. The van der Waals surface area contributed by atoms with Crippen LogP contribution in [-0.2, 0) is 6.54 Å². The quantitative estimate of drug-likeness (QED) is 0.384. The number of tetrazole rings is 1. The lowest BCUT2D eigenvalue weighted by Crippen LogP contribution is -2.48. The highest BCUT2D eigenvalue weighted by atomic mass is 35.5. The SMILES string of the molecule is COc1ccc(C(c2nnnn2Cc2ccccc2)N2CCN(c3ccc(F)cc3)CC2)cc1.Cl. The third-order valence-electron chi connectivity index (χ3n) is 6.28. The van der Waals surface area contributed by atoms with Crippen LogP contribution in [0.1, 0.15) is 23.0 Å². The summed E-state index contributed by atoms with van der Waals surface area (Å²) in [6, 6.07) is 24.9.